The van der Waals surface area contributed by atoms with E-state index >= 15 is 0 Å². The van der Waals surface area contributed by atoms with Crippen molar-refractivity contribution >= 4 is 10.8 Å². The highest BCUT2D eigenvalue weighted by atomic mass is 19.4. The lowest BCUT2D eigenvalue weighted by atomic mass is 9.99. The van der Waals surface area contributed by atoms with Gasteiger partial charge in [0.1, 0.15) is 0 Å². The Bertz CT molecular complexity index is 1010. The third-order valence-electron chi connectivity index (χ3n) is 4.26. The van der Waals surface area contributed by atoms with Crippen LogP contribution >= 0.6 is 0 Å². The van der Waals surface area contributed by atoms with E-state index in [1.54, 1.807) is 30.3 Å². The molecule has 3 aromatic carbocycles. The molecule has 0 unspecified atom stereocenters. The van der Waals surface area contributed by atoms with Crippen LogP contribution in [0.1, 0.15) is 41.5 Å². The van der Waals surface area contributed by atoms with Crippen LogP contribution in [0, 0.1) is 0 Å². The van der Waals surface area contributed by atoms with Crippen molar-refractivity contribution in [3.05, 3.63) is 83.4 Å². The van der Waals surface area contributed by atoms with E-state index in [9.17, 15) is 13.2 Å². The van der Waals surface area contributed by atoms with Crippen molar-refractivity contribution in [2.75, 3.05) is 6.54 Å². The number of aryl methyl sites for hydroxylation is 1. The van der Waals surface area contributed by atoms with Gasteiger partial charge >= 0.3 is 6.18 Å². The molecule has 0 spiro atoms. The summed E-state index contributed by atoms with van der Waals surface area (Å²) in [5.74, 6) is 0. The molecule has 0 aliphatic carbocycles. The molecule has 0 saturated carbocycles. The SMILES string of the molecule is [2H]C([2H])([2H])[C@]([2H])(NCCCc1cccc(C(F)(F)F)c1)c1cccc2ccccc12. The zero-order valence-electron chi connectivity index (χ0n) is 18.1. The van der Waals surface area contributed by atoms with Gasteiger partial charge in [-0.2, -0.15) is 13.2 Å². The predicted octanol–water partition coefficient (Wildman–Crippen LogP) is 6.14. The summed E-state index contributed by atoms with van der Waals surface area (Å²) in [7, 11) is 0. The number of hydrogen-bond acceptors (Lipinski definition) is 1. The summed E-state index contributed by atoms with van der Waals surface area (Å²) in [5, 5.41) is 4.35. The van der Waals surface area contributed by atoms with Crippen LogP contribution < -0.4 is 5.32 Å². The molecule has 0 amide bonds. The minimum Gasteiger partial charge on any atom is -0.310 e. The van der Waals surface area contributed by atoms with Crippen LogP contribution in [-0.2, 0) is 12.6 Å². The van der Waals surface area contributed by atoms with Gasteiger partial charge in [-0.1, -0.05) is 60.7 Å². The molecule has 4 heteroatoms. The summed E-state index contributed by atoms with van der Waals surface area (Å²) in [5.41, 5.74) is 0.155. The molecule has 3 aromatic rings. The second kappa shape index (κ2) is 7.92. The number of alkyl halides is 3. The molecule has 0 bridgehead atoms. The number of rotatable bonds is 6. The fraction of sp³-hybridized carbons (Fsp3) is 0.273. The maximum Gasteiger partial charge on any atom is 0.416 e. The van der Waals surface area contributed by atoms with Crippen LogP contribution in [0.3, 0.4) is 0 Å². The van der Waals surface area contributed by atoms with Gasteiger partial charge < -0.3 is 5.32 Å². The zero-order valence-corrected chi connectivity index (χ0v) is 14.1. The highest BCUT2D eigenvalue weighted by Crippen LogP contribution is 2.29. The van der Waals surface area contributed by atoms with Gasteiger partial charge in [0.25, 0.3) is 0 Å². The second-order valence-electron chi connectivity index (χ2n) is 6.13. The Morgan fingerprint density at radius 1 is 1.04 bits per heavy atom. The van der Waals surface area contributed by atoms with Crippen molar-refractivity contribution in [1.29, 1.82) is 0 Å². The third-order valence-corrected chi connectivity index (χ3v) is 4.26. The summed E-state index contributed by atoms with van der Waals surface area (Å²) in [6, 6.07) is 15.5. The second-order valence-corrected chi connectivity index (χ2v) is 6.13. The van der Waals surface area contributed by atoms with Crippen molar-refractivity contribution in [3.8, 4) is 0 Å². The molecule has 3 rings (SSSR count). The molecular formula is C22H22F3N. The summed E-state index contributed by atoms with van der Waals surface area (Å²) in [6.07, 6.45) is -3.67. The lowest BCUT2D eigenvalue weighted by Crippen LogP contribution is -2.20. The quantitative estimate of drug-likeness (QED) is 0.520. The Hall–Kier alpha value is -2.33. The van der Waals surface area contributed by atoms with E-state index < -0.39 is 24.6 Å². The van der Waals surface area contributed by atoms with Crippen LogP contribution in [0.4, 0.5) is 13.2 Å². The van der Waals surface area contributed by atoms with Crippen molar-refractivity contribution in [3.63, 3.8) is 0 Å². The van der Waals surface area contributed by atoms with Gasteiger partial charge in [-0.25, -0.2) is 0 Å². The molecule has 26 heavy (non-hydrogen) atoms. The van der Waals surface area contributed by atoms with E-state index in [1.165, 1.54) is 6.07 Å². The van der Waals surface area contributed by atoms with E-state index in [-0.39, 0.29) is 6.54 Å². The van der Waals surface area contributed by atoms with Gasteiger partial charge in [0.15, 0.2) is 0 Å². The molecule has 0 aromatic heterocycles. The highest BCUT2D eigenvalue weighted by molar-refractivity contribution is 5.86. The summed E-state index contributed by atoms with van der Waals surface area (Å²) >= 11 is 0. The molecule has 0 aliphatic heterocycles. The zero-order chi connectivity index (χ0) is 22.0. The molecule has 0 fully saturated rings. The van der Waals surface area contributed by atoms with Crippen LogP contribution in [0.25, 0.3) is 10.8 Å². The molecule has 0 radical (unpaired) electrons. The van der Waals surface area contributed by atoms with Gasteiger partial charge in [0.05, 0.1) is 6.93 Å². The van der Waals surface area contributed by atoms with Crippen molar-refractivity contribution in [2.45, 2.75) is 31.9 Å². The number of halogens is 3. The Kier molecular flexibility index (Phi) is 4.21. The number of benzene rings is 3. The fourth-order valence-electron chi connectivity index (χ4n) is 2.95. The molecule has 0 saturated heterocycles. The van der Waals surface area contributed by atoms with Crippen LogP contribution in [0.2, 0.25) is 0 Å². The fourth-order valence-corrected chi connectivity index (χ4v) is 2.95. The van der Waals surface area contributed by atoms with Gasteiger partial charge in [0.2, 0.25) is 0 Å². The Morgan fingerprint density at radius 3 is 2.62 bits per heavy atom. The van der Waals surface area contributed by atoms with Gasteiger partial charge in [-0.3, -0.25) is 0 Å². The van der Waals surface area contributed by atoms with Crippen LogP contribution in [-0.4, -0.2) is 6.54 Å². The van der Waals surface area contributed by atoms with Gasteiger partial charge in [-0.15, -0.1) is 0 Å². The first kappa shape index (κ1) is 13.8. The predicted molar refractivity (Wildman–Crippen MR) is 100 cm³/mol. The molecule has 0 heterocycles. The minimum atomic E-state index is -4.40. The van der Waals surface area contributed by atoms with E-state index in [0.717, 1.165) is 17.5 Å². The molecular weight excluding hydrogens is 335 g/mol. The van der Waals surface area contributed by atoms with Crippen LogP contribution in [0.5, 0.6) is 0 Å². The lowest BCUT2D eigenvalue weighted by molar-refractivity contribution is -0.137. The summed E-state index contributed by atoms with van der Waals surface area (Å²) < 4.78 is 71.2. The first-order valence-electron chi connectivity index (χ1n) is 10.4. The van der Waals surface area contributed by atoms with Crippen molar-refractivity contribution in [1.82, 2.24) is 5.32 Å². The average Bonchev–Trinajstić information content (AvgIpc) is 2.69. The highest BCUT2D eigenvalue weighted by Gasteiger charge is 2.30. The van der Waals surface area contributed by atoms with E-state index in [2.05, 4.69) is 5.32 Å². The number of hydrogen-bond donors (Lipinski definition) is 1. The first-order valence-corrected chi connectivity index (χ1v) is 8.42. The topological polar surface area (TPSA) is 12.0 Å². The third kappa shape index (κ3) is 4.44. The summed E-state index contributed by atoms with van der Waals surface area (Å²) in [6.45, 7) is -2.48. The average molecular weight is 361 g/mol. The first-order chi connectivity index (χ1) is 14.0. The summed E-state index contributed by atoms with van der Waals surface area (Å²) in [4.78, 5) is 0. The lowest BCUT2D eigenvalue weighted by Gasteiger charge is -2.17. The van der Waals surface area contributed by atoms with Gasteiger partial charge in [0, 0.05) is 10.1 Å². The van der Waals surface area contributed by atoms with Gasteiger partial charge in [-0.05, 0) is 54.2 Å². The smallest absolute Gasteiger partial charge is 0.310 e. The monoisotopic (exact) mass is 361 g/mol. The normalized spacial score (nSPS) is 17.0. The maximum atomic E-state index is 12.9. The minimum absolute atomic E-state index is 0.168. The Morgan fingerprint density at radius 2 is 1.81 bits per heavy atom. The van der Waals surface area contributed by atoms with E-state index in [4.69, 9.17) is 5.48 Å². The number of nitrogens with one attached hydrogen (secondary N) is 1. The van der Waals surface area contributed by atoms with E-state index in [0.29, 0.717) is 29.4 Å². The van der Waals surface area contributed by atoms with Crippen molar-refractivity contribution in [2.24, 2.45) is 0 Å². The largest absolute Gasteiger partial charge is 0.416 e. The maximum absolute atomic E-state index is 12.9. The Balaban J connectivity index is 1.77. The molecule has 1 nitrogen and oxygen atoms in total. The Labute approximate surface area is 157 Å². The molecule has 136 valence electrons. The van der Waals surface area contributed by atoms with E-state index in [1.807, 2.05) is 18.2 Å². The van der Waals surface area contributed by atoms with Crippen LogP contribution in [0.15, 0.2) is 66.7 Å². The molecule has 1 N–H and O–H groups in total. The standard InChI is InChI=1S/C22H22F3N/c1-16(20-13-5-10-18-9-2-3-12-21(18)20)26-14-6-8-17-7-4-11-19(15-17)22(23,24)25/h2-5,7,9-13,15-16,26H,6,8,14H2,1H3/t16-/m0/s1/i1D3,16D. The van der Waals surface area contributed by atoms with Crippen molar-refractivity contribution < 1.29 is 18.7 Å². The molecule has 0 aliphatic rings. The number of fused-ring (bicyclic) bond motifs is 1. The molecule has 1 atom stereocenters.